The SMILES string of the molecule is CCOC(=O)[C@H](CC(=O)c1ccc(Br)cc1)C(=O)c1ccccc1. The molecule has 1 atom stereocenters. The maximum Gasteiger partial charge on any atom is 0.317 e. The summed E-state index contributed by atoms with van der Waals surface area (Å²) in [6.45, 7) is 1.82. The Kier molecular flexibility index (Phi) is 6.44. The highest BCUT2D eigenvalue weighted by molar-refractivity contribution is 9.10. The largest absolute Gasteiger partial charge is 0.465 e. The topological polar surface area (TPSA) is 60.4 Å². The molecule has 0 aromatic heterocycles. The third kappa shape index (κ3) is 4.61. The lowest BCUT2D eigenvalue weighted by molar-refractivity contribution is -0.146. The summed E-state index contributed by atoms with van der Waals surface area (Å²) in [4.78, 5) is 37.2. The van der Waals surface area contributed by atoms with Crippen LogP contribution in [-0.4, -0.2) is 24.1 Å². The van der Waals surface area contributed by atoms with Gasteiger partial charge < -0.3 is 4.74 Å². The second-order valence-electron chi connectivity index (χ2n) is 5.17. The average Bonchev–Trinajstić information content (AvgIpc) is 2.60. The quantitative estimate of drug-likeness (QED) is 0.407. The molecule has 0 heterocycles. The van der Waals surface area contributed by atoms with Crippen LogP contribution in [0.5, 0.6) is 0 Å². The van der Waals surface area contributed by atoms with E-state index in [4.69, 9.17) is 4.74 Å². The van der Waals surface area contributed by atoms with Crippen molar-refractivity contribution in [3.63, 3.8) is 0 Å². The summed E-state index contributed by atoms with van der Waals surface area (Å²) in [5, 5.41) is 0. The second kappa shape index (κ2) is 8.55. The number of carbonyl (C=O) groups excluding carboxylic acids is 3. The molecule has 0 aliphatic heterocycles. The van der Waals surface area contributed by atoms with E-state index in [1.807, 2.05) is 0 Å². The van der Waals surface area contributed by atoms with E-state index in [-0.39, 0.29) is 18.8 Å². The Morgan fingerprint density at radius 3 is 2.17 bits per heavy atom. The molecule has 0 saturated heterocycles. The Morgan fingerprint density at radius 2 is 1.58 bits per heavy atom. The van der Waals surface area contributed by atoms with Crippen molar-refractivity contribution in [2.45, 2.75) is 13.3 Å². The Balaban J connectivity index is 2.23. The van der Waals surface area contributed by atoms with Crippen LogP contribution in [0, 0.1) is 5.92 Å². The number of rotatable bonds is 7. The maximum atomic E-state index is 12.6. The Bertz CT molecular complexity index is 723. The van der Waals surface area contributed by atoms with Gasteiger partial charge in [0.1, 0.15) is 5.92 Å². The van der Waals surface area contributed by atoms with Crippen LogP contribution in [0.15, 0.2) is 59.1 Å². The number of Topliss-reactive ketones (excluding diaryl/α,β-unsaturated/α-hetero) is 2. The highest BCUT2D eigenvalue weighted by Gasteiger charge is 2.31. The van der Waals surface area contributed by atoms with Crippen molar-refractivity contribution < 1.29 is 19.1 Å². The first kappa shape index (κ1) is 18.1. The summed E-state index contributed by atoms with van der Waals surface area (Å²) in [5.74, 6) is -2.48. The number of benzene rings is 2. The second-order valence-corrected chi connectivity index (χ2v) is 6.08. The molecule has 0 bridgehead atoms. The Morgan fingerprint density at radius 1 is 0.958 bits per heavy atom. The van der Waals surface area contributed by atoms with Gasteiger partial charge in [-0.2, -0.15) is 0 Å². The van der Waals surface area contributed by atoms with Gasteiger partial charge in [0.15, 0.2) is 11.6 Å². The average molecular weight is 389 g/mol. The van der Waals surface area contributed by atoms with Crippen molar-refractivity contribution in [1.82, 2.24) is 0 Å². The molecule has 0 radical (unpaired) electrons. The minimum atomic E-state index is -1.14. The van der Waals surface area contributed by atoms with Gasteiger partial charge in [-0.1, -0.05) is 58.4 Å². The smallest absolute Gasteiger partial charge is 0.317 e. The lowest BCUT2D eigenvalue weighted by atomic mass is 9.91. The summed E-state index contributed by atoms with van der Waals surface area (Å²) in [6.07, 6.45) is -0.214. The van der Waals surface area contributed by atoms with E-state index in [2.05, 4.69) is 15.9 Å². The third-order valence-corrected chi connectivity index (χ3v) is 4.03. The van der Waals surface area contributed by atoms with Crippen molar-refractivity contribution in [2.75, 3.05) is 6.61 Å². The number of hydrogen-bond acceptors (Lipinski definition) is 4. The fourth-order valence-corrected chi connectivity index (χ4v) is 2.53. The highest BCUT2D eigenvalue weighted by Crippen LogP contribution is 2.19. The zero-order valence-electron chi connectivity index (χ0n) is 13.2. The number of ketones is 2. The van der Waals surface area contributed by atoms with Crippen molar-refractivity contribution in [3.8, 4) is 0 Å². The first-order chi connectivity index (χ1) is 11.5. The molecule has 2 aromatic rings. The van der Waals surface area contributed by atoms with E-state index < -0.39 is 17.7 Å². The van der Waals surface area contributed by atoms with Gasteiger partial charge in [0, 0.05) is 22.0 Å². The molecule has 0 unspecified atom stereocenters. The molecule has 5 heteroatoms. The third-order valence-electron chi connectivity index (χ3n) is 3.50. The first-order valence-corrected chi connectivity index (χ1v) is 8.37. The van der Waals surface area contributed by atoms with Crippen molar-refractivity contribution in [1.29, 1.82) is 0 Å². The zero-order chi connectivity index (χ0) is 17.5. The first-order valence-electron chi connectivity index (χ1n) is 7.57. The van der Waals surface area contributed by atoms with E-state index in [0.717, 1.165) is 4.47 Å². The van der Waals surface area contributed by atoms with Gasteiger partial charge in [0.05, 0.1) is 6.61 Å². The van der Waals surface area contributed by atoms with Gasteiger partial charge >= 0.3 is 5.97 Å². The molecule has 0 fully saturated rings. The summed E-state index contributed by atoms with van der Waals surface area (Å²) < 4.78 is 5.83. The summed E-state index contributed by atoms with van der Waals surface area (Å²) in [6, 6.07) is 15.2. The molecule has 0 N–H and O–H groups in total. The minimum Gasteiger partial charge on any atom is -0.465 e. The molecule has 0 aliphatic carbocycles. The van der Waals surface area contributed by atoms with Gasteiger partial charge in [0.25, 0.3) is 0 Å². The summed E-state index contributed by atoms with van der Waals surface area (Å²) in [7, 11) is 0. The van der Waals surface area contributed by atoms with Crippen LogP contribution in [0.4, 0.5) is 0 Å². The zero-order valence-corrected chi connectivity index (χ0v) is 14.8. The fourth-order valence-electron chi connectivity index (χ4n) is 2.27. The van der Waals surface area contributed by atoms with Crippen molar-refractivity contribution in [3.05, 3.63) is 70.2 Å². The lowest BCUT2D eigenvalue weighted by Crippen LogP contribution is -2.29. The molecule has 0 amide bonds. The van der Waals surface area contributed by atoms with Gasteiger partial charge in [-0.3, -0.25) is 14.4 Å². The molecule has 2 rings (SSSR count). The molecule has 0 aliphatic rings. The van der Waals surface area contributed by atoms with Gasteiger partial charge in [-0.05, 0) is 19.1 Å². The number of carbonyl (C=O) groups is 3. The van der Waals surface area contributed by atoms with Crippen LogP contribution >= 0.6 is 15.9 Å². The molecule has 4 nitrogen and oxygen atoms in total. The molecular weight excluding hydrogens is 372 g/mol. The monoisotopic (exact) mass is 388 g/mol. The molecular formula is C19H17BrO4. The number of ether oxygens (including phenoxy) is 1. The summed E-state index contributed by atoms with van der Waals surface area (Å²) >= 11 is 3.30. The number of hydrogen-bond donors (Lipinski definition) is 0. The Hall–Kier alpha value is -2.27. The van der Waals surface area contributed by atoms with Gasteiger partial charge in [-0.25, -0.2) is 0 Å². The molecule has 24 heavy (non-hydrogen) atoms. The van der Waals surface area contributed by atoms with Crippen LogP contribution in [-0.2, 0) is 9.53 Å². The Labute approximate surface area is 149 Å². The van der Waals surface area contributed by atoms with E-state index >= 15 is 0 Å². The molecule has 124 valence electrons. The minimum absolute atomic E-state index is 0.157. The van der Waals surface area contributed by atoms with Gasteiger partial charge in [0.2, 0.25) is 0 Å². The molecule has 0 spiro atoms. The van der Waals surface area contributed by atoms with Crippen molar-refractivity contribution in [2.24, 2.45) is 5.92 Å². The molecule has 0 saturated carbocycles. The fraction of sp³-hybridized carbons (Fsp3) is 0.211. The lowest BCUT2D eigenvalue weighted by Gasteiger charge is -2.14. The normalized spacial score (nSPS) is 11.6. The van der Waals surface area contributed by atoms with Crippen molar-refractivity contribution >= 4 is 33.5 Å². The van der Waals surface area contributed by atoms with Crippen LogP contribution in [0.1, 0.15) is 34.1 Å². The van der Waals surface area contributed by atoms with E-state index in [0.29, 0.717) is 11.1 Å². The summed E-state index contributed by atoms with van der Waals surface area (Å²) in [5.41, 5.74) is 0.840. The predicted octanol–water partition coefficient (Wildman–Crippen LogP) is 4.08. The van der Waals surface area contributed by atoms with E-state index in [9.17, 15) is 14.4 Å². The maximum absolute atomic E-state index is 12.6. The standard InChI is InChI=1S/C19H17BrO4/c1-2-24-19(23)16(18(22)14-6-4-3-5-7-14)12-17(21)13-8-10-15(20)11-9-13/h3-11,16H,2,12H2,1H3/t16-/m1/s1. The molecule has 2 aromatic carbocycles. The van der Waals surface area contributed by atoms with Gasteiger partial charge in [-0.15, -0.1) is 0 Å². The van der Waals surface area contributed by atoms with E-state index in [1.54, 1.807) is 61.5 Å². The number of esters is 1. The number of halogens is 1. The van der Waals surface area contributed by atoms with Crippen LogP contribution < -0.4 is 0 Å². The van der Waals surface area contributed by atoms with Crippen LogP contribution in [0.2, 0.25) is 0 Å². The predicted molar refractivity (Wildman–Crippen MR) is 94.0 cm³/mol. The van der Waals surface area contributed by atoms with Crippen LogP contribution in [0.3, 0.4) is 0 Å². The highest BCUT2D eigenvalue weighted by atomic mass is 79.9. The van der Waals surface area contributed by atoms with Crippen LogP contribution in [0.25, 0.3) is 0 Å². The van der Waals surface area contributed by atoms with E-state index in [1.165, 1.54) is 0 Å².